The maximum atomic E-state index is 10.2. The second-order valence-electron chi connectivity index (χ2n) is 1.03. The van der Waals surface area contributed by atoms with Crippen LogP contribution in [0, 0.1) is 0 Å². The Morgan fingerprint density at radius 3 is 2.25 bits per heavy atom. The molecule has 0 aliphatic rings. The predicted octanol–water partition coefficient (Wildman–Crippen LogP) is -0.384. The number of hydrogen-bond donors (Lipinski definition) is 2. The summed E-state index contributed by atoms with van der Waals surface area (Å²) >= 11 is 1.45. The Morgan fingerprint density at radius 2 is 2.12 bits per heavy atom. The Hall–Kier alpha value is -0.170. The van der Waals surface area contributed by atoms with Gasteiger partial charge >= 0.3 is 0 Å². The van der Waals surface area contributed by atoms with Crippen LogP contribution in [0.15, 0.2) is 0 Å². The van der Waals surface area contributed by atoms with Crippen LogP contribution in [-0.4, -0.2) is 16.4 Å². The Morgan fingerprint density at radius 1 is 1.62 bits per heavy atom. The van der Waals surface area contributed by atoms with Gasteiger partial charge in [0.25, 0.3) is 3.91 Å². The quantitative estimate of drug-likeness (QED) is 0.365. The molecule has 0 rings (SSSR count). The summed E-state index contributed by atoms with van der Waals surface area (Å²) < 4.78 is -0.405. The van der Waals surface area contributed by atoms with Crippen LogP contribution < -0.4 is 11.1 Å². The van der Waals surface area contributed by atoms with Crippen molar-refractivity contribution in [1.29, 1.82) is 0 Å². The number of rotatable bonds is 1. The van der Waals surface area contributed by atoms with Gasteiger partial charge in [0.05, 0.1) is 6.54 Å². The molecule has 0 unspecified atom stereocenters. The van der Waals surface area contributed by atoms with Crippen molar-refractivity contribution >= 4 is 32.4 Å². The number of hydrogen-bond acceptors (Lipinski definition) is 3. The van der Waals surface area contributed by atoms with Crippen molar-refractivity contribution in [2.45, 2.75) is 0 Å². The molecule has 0 aromatic carbocycles. The van der Waals surface area contributed by atoms with Crippen LogP contribution in [0.2, 0.25) is 0 Å². The Kier molecular flexibility index (Phi) is 3.71. The minimum atomic E-state index is -0.454. The van der Waals surface area contributed by atoms with E-state index in [1.807, 2.05) is 5.32 Å². The van der Waals surface area contributed by atoms with E-state index in [0.29, 0.717) is 0 Å². The molecular weight excluding hydrogens is 223 g/mol. The average Bonchev–Trinajstić information content (AvgIpc) is 1.65. The topological polar surface area (TPSA) is 72.2 Å². The molecule has 0 aliphatic heterocycles. The Bertz CT molecular complexity index is 114. The van der Waals surface area contributed by atoms with Crippen LogP contribution in [0.25, 0.3) is 0 Å². The molecule has 0 radical (unpaired) electrons. The van der Waals surface area contributed by atoms with Crippen LogP contribution >= 0.6 is 22.6 Å². The normalized spacial score (nSPS) is 8.25. The number of nitrogens with one attached hydrogen (secondary N) is 1. The molecule has 0 atom stereocenters. The fraction of sp³-hybridized carbons (Fsp3) is 0.333. The number of nitrogens with two attached hydrogens (primary N) is 1. The van der Waals surface area contributed by atoms with Crippen molar-refractivity contribution in [3.63, 3.8) is 0 Å². The summed E-state index contributed by atoms with van der Waals surface area (Å²) in [5.41, 5.74) is 4.85. The third-order valence-corrected chi connectivity index (χ3v) is 0.693. The molecule has 0 spiro atoms. The van der Waals surface area contributed by atoms with Gasteiger partial charge in [0.15, 0.2) is 0 Å². The van der Waals surface area contributed by atoms with Gasteiger partial charge in [-0.1, -0.05) is 0 Å². The molecular formula is C3H5IN2O2. The van der Waals surface area contributed by atoms with Gasteiger partial charge in [-0.3, -0.25) is 14.9 Å². The molecule has 2 amide bonds. The van der Waals surface area contributed by atoms with Gasteiger partial charge in [-0.05, 0) is 0 Å². The van der Waals surface area contributed by atoms with Crippen molar-refractivity contribution in [3.05, 3.63) is 0 Å². The maximum Gasteiger partial charge on any atom is 0.287 e. The zero-order chi connectivity index (χ0) is 6.57. The van der Waals surface area contributed by atoms with E-state index in [2.05, 4.69) is 0 Å². The van der Waals surface area contributed by atoms with Crippen LogP contribution in [0.4, 0.5) is 4.79 Å². The van der Waals surface area contributed by atoms with Crippen LogP contribution in [0.3, 0.4) is 0 Å². The highest BCUT2D eigenvalue weighted by atomic mass is 127. The molecule has 0 bridgehead atoms. The van der Waals surface area contributed by atoms with E-state index >= 15 is 0 Å². The fourth-order valence-electron chi connectivity index (χ4n) is 0.161. The molecule has 0 aromatic heterocycles. The third kappa shape index (κ3) is 4.00. The van der Waals surface area contributed by atoms with E-state index < -0.39 is 9.82 Å². The van der Waals surface area contributed by atoms with E-state index in [9.17, 15) is 9.59 Å². The summed E-state index contributed by atoms with van der Waals surface area (Å²) in [7, 11) is 0. The summed E-state index contributed by atoms with van der Waals surface area (Å²) in [5.74, 6) is -0.454. The summed E-state index contributed by atoms with van der Waals surface area (Å²) in [5, 5.41) is 1.98. The molecule has 0 aromatic rings. The first-order valence-electron chi connectivity index (χ1n) is 1.86. The molecule has 46 valence electrons. The second kappa shape index (κ2) is 3.79. The van der Waals surface area contributed by atoms with E-state index in [4.69, 9.17) is 5.73 Å². The standard InChI is InChI=1S/C3H5IN2O2/c4-3(8)6-2(7)1-5/h1,5H2,(H,6,7,8). The zero-order valence-electron chi connectivity index (χ0n) is 3.98. The number of carbonyl (C=O) groups excluding carboxylic acids is 2. The summed E-state index contributed by atoms with van der Waals surface area (Å²) in [6.07, 6.45) is 0. The average molecular weight is 228 g/mol. The van der Waals surface area contributed by atoms with Gasteiger partial charge in [-0.25, -0.2) is 0 Å². The van der Waals surface area contributed by atoms with E-state index in [1.165, 1.54) is 22.6 Å². The van der Waals surface area contributed by atoms with E-state index in [-0.39, 0.29) is 6.54 Å². The van der Waals surface area contributed by atoms with Crippen molar-refractivity contribution in [3.8, 4) is 0 Å². The maximum absolute atomic E-state index is 10.2. The van der Waals surface area contributed by atoms with Gasteiger partial charge < -0.3 is 5.73 Å². The molecule has 8 heavy (non-hydrogen) atoms. The molecule has 3 N–H and O–H groups in total. The lowest BCUT2D eigenvalue weighted by Crippen LogP contribution is -2.31. The monoisotopic (exact) mass is 228 g/mol. The lowest BCUT2D eigenvalue weighted by Gasteiger charge is -1.91. The van der Waals surface area contributed by atoms with Crippen molar-refractivity contribution in [2.75, 3.05) is 6.54 Å². The molecule has 0 saturated carbocycles. The lowest BCUT2D eigenvalue weighted by molar-refractivity contribution is -0.118. The summed E-state index contributed by atoms with van der Waals surface area (Å²) in [6.45, 7) is -0.144. The Balaban J connectivity index is 3.40. The Labute approximate surface area is 59.9 Å². The molecule has 5 heteroatoms. The highest BCUT2D eigenvalue weighted by Crippen LogP contribution is 1.80. The van der Waals surface area contributed by atoms with Gasteiger partial charge in [0, 0.05) is 22.6 Å². The van der Waals surface area contributed by atoms with E-state index in [1.54, 1.807) is 0 Å². The smallest absolute Gasteiger partial charge is 0.287 e. The van der Waals surface area contributed by atoms with Gasteiger partial charge in [0.2, 0.25) is 5.91 Å². The number of amides is 2. The second-order valence-corrected chi connectivity index (χ2v) is 2.01. The largest absolute Gasteiger partial charge is 0.322 e. The number of carbonyl (C=O) groups is 2. The highest BCUT2D eigenvalue weighted by Gasteiger charge is 1.98. The zero-order valence-corrected chi connectivity index (χ0v) is 6.14. The number of halogens is 1. The first-order chi connectivity index (χ1) is 3.66. The third-order valence-electron chi connectivity index (χ3n) is 0.423. The van der Waals surface area contributed by atoms with Crippen molar-refractivity contribution in [1.82, 2.24) is 5.32 Å². The van der Waals surface area contributed by atoms with Gasteiger partial charge in [-0.15, -0.1) is 0 Å². The predicted molar refractivity (Wildman–Crippen MR) is 36.6 cm³/mol. The van der Waals surface area contributed by atoms with Crippen LogP contribution in [0.5, 0.6) is 0 Å². The highest BCUT2D eigenvalue weighted by molar-refractivity contribution is 14.1. The molecule has 0 saturated heterocycles. The van der Waals surface area contributed by atoms with Crippen LogP contribution in [-0.2, 0) is 4.79 Å². The van der Waals surface area contributed by atoms with Crippen molar-refractivity contribution in [2.24, 2.45) is 5.73 Å². The first kappa shape index (κ1) is 7.83. The molecule has 0 aliphatic carbocycles. The lowest BCUT2D eigenvalue weighted by atomic mass is 10.6. The summed E-state index contributed by atoms with van der Waals surface area (Å²) in [4.78, 5) is 20.2. The number of imide groups is 1. The van der Waals surface area contributed by atoms with Crippen LogP contribution in [0.1, 0.15) is 0 Å². The van der Waals surface area contributed by atoms with Gasteiger partial charge in [-0.2, -0.15) is 0 Å². The first-order valence-corrected chi connectivity index (χ1v) is 2.94. The molecule has 0 fully saturated rings. The fourth-order valence-corrected chi connectivity index (χ4v) is 0.461. The molecule has 4 nitrogen and oxygen atoms in total. The van der Waals surface area contributed by atoms with Crippen molar-refractivity contribution < 1.29 is 9.59 Å². The van der Waals surface area contributed by atoms with Gasteiger partial charge in [0.1, 0.15) is 0 Å². The van der Waals surface area contributed by atoms with E-state index in [0.717, 1.165) is 0 Å². The SMILES string of the molecule is NCC(=O)NC(=O)I. The summed E-state index contributed by atoms with van der Waals surface area (Å²) in [6, 6.07) is 0. The molecule has 0 heterocycles. The minimum absolute atomic E-state index is 0.144. The minimum Gasteiger partial charge on any atom is -0.322 e.